The second kappa shape index (κ2) is 6.65. The molecule has 1 aromatic heterocycles. The van der Waals surface area contributed by atoms with E-state index in [1.807, 2.05) is 39.0 Å². The van der Waals surface area contributed by atoms with Crippen LogP contribution in [0.25, 0.3) is 10.9 Å². The van der Waals surface area contributed by atoms with Crippen LogP contribution in [0.15, 0.2) is 30.3 Å². The van der Waals surface area contributed by atoms with Gasteiger partial charge in [-0.25, -0.2) is 0 Å². The van der Waals surface area contributed by atoms with Crippen LogP contribution < -0.4 is 14.8 Å². The molecule has 0 saturated carbocycles. The maximum Gasteiger partial charge on any atom is 0.272 e. The molecule has 4 rings (SSSR count). The standard InChI is InChI=1S/C22H24N2O3/c1-5-26-21-9-15-8-14(4)27-20(15)11-18(21)24-22(25)19-10-16-13(3)6-12(2)7-17(16)23-19/h6-7,9-11,14,23H,5,8H2,1-4H3,(H,24,25). The molecule has 2 heterocycles. The summed E-state index contributed by atoms with van der Waals surface area (Å²) in [4.78, 5) is 16.1. The summed E-state index contributed by atoms with van der Waals surface area (Å²) in [6.07, 6.45) is 0.991. The number of carbonyl (C=O) groups excluding carboxylic acids is 1. The first-order valence-electron chi connectivity index (χ1n) is 9.32. The van der Waals surface area contributed by atoms with E-state index in [0.29, 0.717) is 23.7 Å². The zero-order valence-corrected chi connectivity index (χ0v) is 16.1. The predicted molar refractivity (Wildman–Crippen MR) is 107 cm³/mol. The van der Waals surface area contributed by atoms with Crippen molar-refractivity contribution in [3.63, 3.8) is 0 Å². The van der Waals surface area contributed by atoms with Crippen molar-refractivity contribution >= 4 is 22.5 Å². The number of fused-ring (bicyclic) bond motifs is 2. The fourth-order valence-corrected chi connectivity index (χ4v) is 3.72. The molecule has 5 nitrogen and oxygen atoms in total. The summed E-state index contributed by atoms with van der Waals surface area (Å²) in [6, 6.07) is 9.89. The number of benzene rings is 2. The number of rotatable bonds is 4. The lowest BCUT2D eigenvalue weighted by Gasteiger charge is -2.13. The van der Waals surface area contributed by atoms with E-state index in [1.165, 1.54) is 0 Å². The molecule has 1 unspecified atom stereocenters. The Bertz CT molecular complexity index is 1040. The van der Waals surface area contributed by atoms with E-state index in [1.54, 1.807) is 0 Å². The summed E-state index contributed by atoms with van der Waals surface area (Å²) in [6.45, 7) is 8.60. The van der Waals surface area contributed by atoms with Crippen molar-refractivity contribution in [2.45, 2.75) is 40.2 Å². The van der Waals surface area contributed by atoms with E-state index < -0.39 is 0 Å². The van der Waals surface area contributed by atoms with Gasteiger partial charge in [0.1, 0.15) is 23.3 Å². The summed E-state index contributed by atoms with van der Waals surface area (Å²) in [7, 11) is 0. The topological polar surface area (TPSA) is 63.3 Å². The zero-order chi connectivity index (χ0) is 19.1. The monoisotopic (exact) mass is 364 g/mol. The number of H-pyrrole nitrogens is 1. The van der Waals surface area contributed by atoms with Gasteiger partial charge in [-0.05, 0) is 57.0 Å². The third-order valence-electron chi connectivity index (χ3n) is 4.88. The smallest absolute Gasteiger partial charge is 0.272 e. The highest BCUT2D eigenvalue weighted by molar-refractivity contribution is 6.07. The normalized spacial score (nSPS) is 15.5. The highest BCUT2D eigenvalue weighted by Crippen LogP contribution is 2.38. The number of carbonyl (C=O) groups is 1. The Balaban J connectivity index is 1.66. The fraction of sp³-hybridized carbons (Fsp3) is 0.318. The molecule has 2 N–H and O–H groups in total. The molecule has 0 radical (unpaired) electrons. The van der Waals surface area contributed by atoms with Gasteiger partial charge in [-0.1, -0.05) is 6.07 Å². The van der Waals surface area contributed by atoms with Crippen LogP contribution in [-0.2, 0) is 6.42 Å². The predicted octanol–water partition coefficient (Wildman–Crippen LogP) is 4.76. The van der Waals surface area contributed by atoms with Crippen LogP contribution >= 0.6 is 0 Å². The Morgan fingerprint density at radius 1 is 1.26 bits per heavy atom. The van der Waals surface area contributed by atoms with E-state index >= 15 is 0 Å². The molecule has 0 spiro atoms. The van der Waals surface area contributed by atoms with Gasteiger partial charge in [0.2, 0.25) is 0 Å². The lowest BCUT2D eigenvalue weighted by molar-refractivity contribution is 0.102. The van der Waals surface area contributed by atoms with Crippen molar-refractivity contribution in [3.8, 4) is 11.5 Å². The molecule has 1 atom stereocenters. The molecule has 1 amide bonds. The number of aryl methyl sites for hydroxylation is 2. The molecule has 1 aliphatic rings. The molecular formula is C22H24N2O3. The molecule has 5 heteroatoms. The van der Waals surface area contributed by atoms with Crippen molar-refractivity contribution in [3.05, 3.63) is 52.7 Å². The van der Waals surface area contributed by atoms with Gasteiger partial charge in [-0.2, -0.15) is 0 Å². The van der Waals surface area contributed by atoms with Gasteiger partial charge in [0.05, 0.1) is 12.3 Å². The number of anilines is 1. The summed E-state index contributed by atoms with van der Waals surface area (Å²) in [5, 5.41) is 4.03. The van der Waals surface area contributed by atoms with E-state index in [-0.39, 0.29) is 12.0 Å². The minimum absolute atomic E-state index is 0.139. The lowest BCUT2D eigenvalue weighted by Crippen LogP contribution is -2.13. The van der Waals surface area contributed by atoms with Crippen molar-refractivity contribution in [2.75, 3.05) is 11.9 Å². The average Bonchev–Trinajstić information content (AvgIpc) is 3.17. The summed E-state index contributed by atoms with van der Waals surface area (Å²) < 4.78 is 11.6. The lowest BCUT2D eigenvalue weighted by atomic mass is 10.1. The first kappa shape index (κ1) is 17.5. The Labute approximate surface area is 158 Å². The molecule has 3 aromatic rings. The van der Waals surface area contributed by atoms with Crippen LogP contribution in [0.2, 0.25) is 0 Å². The molecular weight excluding hydrogens is 340 g/mol. The van der Waals surface area contributed by atoms with Crippen LogP contribution in [-0.4, -0.2) is 23.6 Å². The van der Waals surface area contributed by atoms with Crippen LogP contribution in [0, 0.1) is 13.8 Å². The number of hydrogen-bond acceptors (Lipinski definition) is 3. The largest absolute Gasteiger partial charge is 0.492 e. The molecule has 0 fully saturated rings. The number of nitrogens with one attached hydrogen (secondary N) is 2. The molecule has 140 valence electrons. The molecule has 1 aliphatic heterocycles. The van der Waals surface area contributed by atoms with Gasteiger partial charge in [-0.3, -0.25) is 4.79 Å². The Kier molecular flexibility index (Phi) is 4.30. The zero-order valence-electron chi connectivity index (χ0n) is 16.1. The number of amides is 1. The summed E-state index contributed by atoms with van der Waals surface area (Å²) in [5.74, 6) is 1.28. The maximum atomic E-state index is 12.9. The average molecular weight is 364 g/mol. The third-order valence-corrected chi connectivity index (χ3v) is 4.88. The molecule has 27 heavy (non-hydrogen) atoms. The molecule has 0 saturated heterocycles. The first-order valence-corrected chi connectivity index (χ1v) is 9.32. The van der Waals surface area contributed by atoms with E-state index in [9.17, 15) is 4.79 Å². The van der Waals surface area contributed by atoms with Crippen molar-refractivity contribution in [1.82, 2.24) is 4.98 Å². The second-order valence-electron chi connectivity index (χ2n) is 7.20. The van der Waals surface area contributed by atoms with Crippen molar-refractivity contribution in [1.29, 1.82) is 0 Å². The van der Waals surface area contributed by atoms with Gasteiger partial charge in [-0.15, -0.1) is 0 Å². The van der Waals surface area contributed by atoms with E-state index in [0.717, 1.165) is 39.8 Å². The first-order chi connectivity index (χ1) is 12.9. The SMILES string of the molecule is CCOc1cc2c(cc1NC(=O)c1cc3c(C)cc(C)cc3[nH]1)OC(C)C2. The maximum absolute atomic E-state index is 12.9. The van der Waals surface area contributed by atoms with Crippen LogP contribution in [0.5, 0.6) is 11.5 Å². The number of ether oxygens (including phenoxy) is 2. The van der Waals surface area contributed by atoms with Crippen LogP contribution in [0.3, 0.4) is 0 Å². The molecule has 2 aromatic carbocycles. The van der Waals surface area contributed by atoms with E-state index in [2.05, 4.69) is 29.4 Å². The minimum Gasteiger partial charge on any atom is -0.492 e. The van der Waals surface area contributed by atoms with Crippen LogP contribution in [0.1, 0.15) is 41.0 Å². The summed E-state index contributed by atoms with van der Waals surface area (Å²) in [5.41, 5.74) is 5.54. The van der Waals surface area contributed by atoms with Crippen molar-refractivity contribution in [2.24, 2.45) is 0 Å². The second-order valence-corrected chi connectivity index (χ2v) is 7.20. The Morgan fingerprint density at radius 2 is 2.07 bits per heavy atom. The highest BCUT2D eigenvalue weighted by atomic mass is 16.5. The molecule has 0 aliphatic carbocycles. The van der Waals surface area contributed by atoms with E-state index in [4.69, 9.17) is 9.47 Å². The Hall–Kier alpha value is -2.95. The molecule has 0 bridgehead atoms. The highest BCUT2D eigenvalue weighted by Gasteiger charge is 2.23. The summed E-state index contributed by atoms with van der Waals surface area (Å²) >= 11 is 0. The van der Waals surface area contributed by atoms with Gasteiger partial charge >= 0.3 is 0 Å². The number of hydrogen-bond donors (Lipinski definition) is 2. The third kappa shape index (κ3) is 3.25. The number of aromatic amines is 1. The number of aromatic nitrogens is 1. The van der Waals surface area contributed by atoms with Gasteiger partial charge in [0.25, 0.3) is 5.91 Å². The van der Waals surface area contributed by atoms with Crippen molar-refractivity contribution < 1.29 is 14.3 Å². The minimum atomic E-state index is -0.199. The van der Waals surface area contributed by atoms with Gasteiger partial charge in [0, 0.05) is 29.0 Å². The van der Waals surface area contributed by atoms with Gasteiger partial charge in [0.15, 0.2) is 0 Å². The van der Waals surface area contributed by atoms with Gasteiger partial charge < -0.3 is 19.8 Å². The van der Waals surface area contributed by atoms with Crippen LogP contribution in [0.4, 0.5) is 5.69 Å². The Morgan fingerprint density at radius 3 is 2.85 bits per heavy atom. The quantitative estimate of drug-likeness (QED) is 0.702. The fourth-order valence-electron chi connectivity index (χ4n) is 3.72.